The molecule has 0 spiro atoms. The maximum atomic E-state index is 11.7. The van der Waals surface area contributed by atoms with E-state index in [4.69, 9.17) is 0 Å². The molecule has 0 bridgehead atoms. The second kappa shape index (κ2) is 5.44. The van der Waals surface area contributed by atoms with Crippen molar-refractivity contribution in [3.8, 4) is 5.69 Å². The average molecular weight is 307 g/mol. The summed E-state index contributed by atoms with van der Waals surface area (Å²) in [6, 6.07) is 5.80. The normalized spacial score (nSPS) is 21.1. The van der Waals surface area contributed by atoms with Gasteiger partial charge in [0.25, 0.3) is 0 Å². The van der Waals surface area contributed by atoms with E-state index in [0.29, 0.717) is 12.2 Å². The lowest BCUT2D eigenvalue weighted by Gasteiger charge is -2.25. The summed E-state index contributed by atoms with van der Waals surface area (Å²) in [6.45, 7) is 1.99. The summed E-state index contributed by atoms with van der Waals surface area (Å²) in [5, 5.41) is 14.4. The third-order valence-electron chi connectivity index (χ3n) is 3.66. The molecule has 0 radical (unpaired) electrons. The monoisotopic (exact) mass is 307 g/mol. The van der Waals surface area contributed by atoms with Gasteiger partial charge in [-0.25, -0.2) is 13.1 Å². The first-order valence-corrected chi connectivity index (χ1v) is 8.67. The van der Waals surface area contributed by atoms with Gasteiger partial charge in [-0.1, -0.05) is 6.07 Å². The fraction of sp³-hybridized carbons (Fsp3) is 0.462. The molecule has 8 heteroatoms. The van der Waals surface area contributed by atoms with Gasteiger partial charge in [-0.05, 0) is 47.9 Å². The lowest BCUT2D eigenvalue weighted by Crippen LogP contribution is -2.35. The van der Waals surface area contributed by atoms with E-state index in [0.717, 1.165) is 23.4 Å². The SMILES string of the molecule is Cc1ccc(-n2cnnn2)cc1NC1CCCS(=O)(=O)C1. The Bertz CT molecular complexity index is 727. The molecule has 21 heavy (non-hydrogen) atoms. The van der Waals surface area contributed by atoms with Crippen LogP contribution < -0.4 is 5.32 Å². The van der Waals surface area contributed by atoms with E-state index in [1.165, 1.54) is 6.33 Å². The maximum absolute atomic E-state index is 11.7. The van der Waals surface area contributed by atoms with Crippen molar-refractivity contribution >= 4 is 15.5 Å². The van der Waals surface area contributed by atoms with Gasteiger partial charge in [0, 0.05) is 11.7 Å². The highest BCUT2D eigenvalue weighted by molar-refractivity contribution is 7.91. The smallest absolute Gasteiger partial charge is 0.152 e. The molecule has 2 aromatic rings. The summed E-state index contributed by atoms with van der Waals surface area (Å²) < 4.78 is 25.0. The molecule has 1 unspecified atom stereocenters. The van der Waals surface area contributed by atoms with Gasteiger partial charge in [0.2, 0.25) is 0 Å². The van der Waals surface area contributed by atoms with Gasteiger partial charge in [-0.3, -0.25) is 0 Å². The van der Waals surface area contributed by atoms with Gasteiger partial charge in [0.1, 0.15) is 6.33 Å². The van der Waals surface area contributed by atoms with Crippen molar-refractivity contribution in [3.63, 3.8) is 0 Å². The van der Waals surface area contributed by atoms with E-state index in [9.17, 15) is 8.42 Å². The second-order valence-electron chi connectivity index (χ2n) is 5.35. The van der Waals surface area contributed by atoms with Gasteiger partial charge < -0.3 is 5.32 Å². The van der Waals surface area contributed by atoms with Crippen LogP contribution in [0.5, 0.6) is 0 Å². The zero-order valence-electron chi connectivity index (χ0n) is 11.7. The molecule has 1 aliphatic heterocycles. The number of nitrogens with one attached hydrogen (secondary N) is 1. The lowest BCUT2D eigenvalue weighted by atomic mass is 10.1. The summed E-state index contributed by atoms with van der Waals surface area (Å²) in [6.07, 6.45) is 3.11. The van der Waals surface area contributed by atoms with E-state index < -0.39 is 9.84 Å². The third kappa shape index (κ3) is 3.21. The Balaban J connectivity index is 1.83. The molecular weight excluding hydrogens is 290 g/mol. The summed E-state index contributed by atoms with van der Waals surface area (Å²) in [5.41, 5.74) is 2.83. The number of tetrazole rings is 1. The minimum absolute atomic E-state index is 0.0356. The molecule has 1 aliphatic rings. The van der Waals surface area contributed by atoms with Crippen molar-refractivity contribution in [1.82, 2.24) is 20.2 Å². The molecule has 1 N–H and O–H groups in total. The molecule has 1 atom stereocenters. The van der Waals surface area contributed by atoms with Crippen LogP contribution in [-0.2, 0) is 9.84 Å². The number of hydrogen-bond acceptors (Lipinski definition) is 6. The van der Waals surface area contributed by atoms with Crippen molar-refractivity contribution in [2.24, 2.45) is 0 Å². The lowest BCUT2D eigenvalue weighted by molar-refractivity contribution is 0.562. The first-order valence-electron chi connectivity index (χ1n) is 6.84. The molecule has 112 valence electrons. The predicted octanol–water partition coefficient (Wildman–Crippen LogP) is 0.960. The largest absolute Gasteiger partial charge is 0.381 e. The number of rotatable bonds is 3. The third-order valence-corrected chi connectivity index (χ3v) is 5.48. The van der Waals surface area contributed by atoms with Gasteiger partial charge in [0.05, 0.1) is 17.2 Å². The molecule has 0 aliphatic carbocycles. The molecule has 1 fully saturated rings. The van der Waals surface area contributed by atoms with Crippen LogP contribution in [0.4, 0.5) is 5.69 Å². The highest BCUT2D eigenvalue weighted by Crippen LogP contribution is 2.23. The Labute approximate surface area is 123 Å². The minimum atomic E-state index is -2.92. The van der Waals surface area contributed by atoms with Crippen molar-refractivity contribution in [3.05, 3.63) is 30.1 Å². The molecule has 7 nitrogen and oxygen atoms in total. The molecule has 1 aromatic carbocycles. The number of anilines is 1. The van der Waals surface area contributed by atoms with Crippen LogP contribution >= 0.6 is 0 Å². The predicted molar refractivity (Wildman–Crippen MR) is 79.2 cm³/mol. The molecule has 0 saturated carbocycles. The van der Waals surface area contributed by atoms with Gasteiger partial charge in [-0.2, -0.15) is 0 Å². The molecule has 1 aromatic heterocycles. The maximum Gasteiger partial charge on any atom is 0.152 e. The zero-order chi connectivity index (χ0) is 14.9. The van der Waals surface area contributed by atoms with Crippen molar-refractivity contribution in [2.75, 3.05) is 16.8 Å². The van der Waals surface area contributed by atoms with Crippen LogP contribution in [0.3, 0.4) is 0 Å². The number of aromatic nitrogens is 4. The van der Waals surface area contributed by atoms with E-state index >= 15 is 0 Å². The Morgan fingerprint density at radius 2 is 2.24 bits per heavy atom. The number of aryl methyl sites for hydroxylation is 1. The topological polar surface area (TPSA) is 89.8 Å². The second-order valence-corrected chi connectivity index (χ2v) is 7.58. The number of hydrogen-bond donors (Lipinski definition) is 1. The van der Waals surface area contributed by atoms with Crippen LogP contribution in [0.15, 0.2) is 24.5 Å². The summed E-state index contributed by atoms with van der Waals surface area (Å²) in [5.74, 6) is 0.496. The quantitative estimate of drug-likeness (QED) is 0.908. The van der Waals surface area contributed by atoms with Crippen LogP contribution in [-0.4, -0.2) is 46.2 Å². The Kier molecular flexibility index (Phi) is 3.62. The number of benzene rings is 1. The van der Waals surface area contributed by atoms with Crippen LogP contribution in [0, 0.1) is 6.92 Å². The Morgan fingerprint density at radius 1 is 1.38 bits per heavy atom. The molecule has 2 heterocycles. The van der Waals surface area contributed by atoms with Crippen molar-refractivity contribution in [2.45, 2.75) is 25.8 Å². The molecule has 0 amide bonds. The number of sulfone groups is 1. The van der Waals surface area contributed by atoms with Gasteiger partial charge in [-0.15, -0.1) is 5.10 Å². The van der Waals surface area contributed by atoms with E-state index in [-0.39, 0.29) is 11.8 Å². The summed E-state index contributed by atoms with van der Waals surface area (Å²) >= 11 is 0. The first-order chi connectivity index (χ1) is 10.0. The average Bonchev–Trinajstić information content (AvgIpc) is 2.94. The number of nitrogens with zero attached hydrogens (tertiary/aromatic N) is 4. The molecule has 1 saturated heterocycles. The van der Waals surface area contributed by atoms with Gasteiger partial charge >= 0.3 is 0 Å². The van der Waals surface area contributed by atoms with Gasteiger partial charge in [0.15, 0.2) is 9.84 Å². The Hall–Kier alpha value is -1.96. The van der Waals surface area contributed by atoms with Crippen LogP contribution in [0.1, 0.15) is 18.4 Å². The van der Waals surface area contributed by atoms with Crippen molar-refractivity contribution < 1.29 is 8.42 Å². The fourth-order valence-electron chi connectivity index (χ4n) is 2.54. The van der Waals surface area contributed by atoms with E-state index in [1.54, 1.807) is 4.68 Å². The molecule has 3 rings (SSSR count). The Morgan fingerprint density at radius 3 is 2.95 bits per heavy atom. The van der Waals surface area contributed by atoms with E-state index in [2.05, 4.69) is 20.8 Å². The molecular formula is C13H17N5O2S. The van der Waals surface area contributed by atoms with Crippen LogP contribution in [0.2, 0.25) is 0 Å². The first kappa shape index (κ1) is 14.0. The van der Waals surface area contributed by atoms with E-state index in [1.807, 2.05) is 25.1 Å². The van der Waals surface area contributed by atoms with Crippen molar-refractivity contribution in [1.29, 1.82) is 0 Å². The summed E-state index contributed by atoms with van der Waals surface area (Å²) in [4.78, 5) is 0. The zero-order valence-corrected chi connectivity index (χ0v) is 12.5. The fourth-order valence-corrected chi connectivity index (χ4v) is 4.18. The van der Waals surface area contributed by atoms with Crippen LogP contribution in [0.25, 0.3) is 5.69 Å². The highest BCUT2D eigenvalue weighted by atomic mass is 32.2. The minimum Gasteiger partial charge on any atom is -0.381 e. The summed E-state index contributed by atoms with van der Waals surface area (Å²) in [7, 11) is -2.92. The highest BCUT2D eigenvalue weighted by Gasteiger charge is 2.24. The standard InChI is InChI=1S/C13H17N5O2S/c1-10-4-5-12(18-9-14-16-17-18)7-13(10)15-11-3-2-6-21(19,20)8-11/h4-5,7,9,11,15H,2-3,6,8H2,1H3.